The fourth-order valence-corrected chi connectivity index (χ4v) is 2.77. The Kier molecular flexibility index (Phi) is 7.30. The van der Waals surface area contributed by atoms with Crippen LogP contribution in [0.1, 0.15) is 33.2 Å². The van der Waals surface area contributed by atoms with E-state index in [-0.39, 0.29) is 22.8 Å². The number of rotatable bonds is 7. The van der Waals surface area contributed by atoms with Crippen molar-refractivity contribution < 1.29 is 29.3 Å². The maximum absolute atomic E-state index is 12.4. The molecular weight excluding hydrogens is 436 g/mol. The highest BCUT2D eigenvalue weighted by atomic mass is 35.5. The second-order valence-electron chi connectivity index (χ2n) is 6.44. The van der Waals surface area contributed by atoms with Crippen molar-refractivity contribution in [3.63, 3.8) is 0 Å². The molecule has 0 spiro atoms. The summed E-state index contributed by atoms with van der Waals surface area (Å²) in [7, 11) is 0. The highest BCUT2D eigenvalue weighted by Gasteiger charge is 2.14. The summed E-state index contributed by atoms with van der Waals surface area (Å²) in [4.78, 5) is 24.5. The van der Waals surface area contributed by atoms with Crippen molar-refractivity contribution in [2.45, 2.75) is 6.92 Å². The molecule has 0 radical (unpaired) electrons. The number of ether oxygens (including phenoxy) is 2. The van der Waals surface area contributed by atoms with E-state index in [9.17, 15) is 19.8 Å². The van der Waals surface area contributed by atoms with Gasteiger partial charge in [0.1, 0.15) is 11.5 Å². The average molecular weight is 455 g/mol. The summed E-state index contributed by atoms with van der Waals surface area (Å²) < 4.78 is 11.0. The molecule has 0 saturated heterocycles. The molecule has 1 amide bonds. The maximum Gasteiger partial charge on any atom is 0.343 e. The smallest absolute Gasteiger partial charge is 0.343 e. The topological polar surface area (TPSA) is 117 Å². The van der Waals surface area contributed by atoms with E-state index in [0.717, 1.165) is 6.07 Å². The lowest BCUT2D eigenvalue weighted by Gasteiger charge is -2.11. The number of carbonyl (C=O) groups is 2. The second-order valence-corrected chi connectivity index (χ2v) is 6.87. The Balaban J connectivity index is 1.71. The number of carbonyl (C=O) groups excluding carboxylic acids is 2. The number of phenolic OH excluding ortho intramolecular Hbond substituents is 2. The number of halogens is 1. The van der Waals surface area contributed by atoms with Gasteiger partial charge in [-0.25, -0.2) is 10.2 Å². The van der Waals surface area contributed by atoms with E-state index in [1.54, 1.807) is 49.4 Å². The van der Waals surface area contributed by atoms with Crippen LogP contribution in [0.2, 0.25) is 5.02 Å². The molecule has 3 rings (SSSR count). The zero-order chi connectivity index (χ0) is 23.1. The SMILES string of the molecule is CCOc1cc(C=NNC(=O)c2ccc(O)cc2O)ccc1OC(=O)c1ccc(Cl)cc1. The molecule has 9 heteroatoms. The van der Waals surface area contributed by atoms with E-state index in [1.807, 2.05) is 0 Å². The van der Waals surface area contributed by atoms with Gasteiger partial charge in [0.2, 0.25) is 0 Å². The lowest BCUT2D eigenvalue weighted by molar-refractivity contribution is 0.0728. The molecule has 0 unspecified atom stereocenters. The van der Waals surface area contributed by atoms with Crippen LogP contribution in [-0.2, 0) is 0 Å². The van der Waals surface area contributed by atoms with Crippen molar-refractivity contribution in [2.75, 3.05) is 6.61 Å². The summed E-state index contributed by atoms with van der Waals surface area (Å²) in [5.41, 5.74) is 3.14. The average Bonchev–Trinajstić information content (AvgIpc) is 2.76. The number of nitrogens with one attached hydrogen (secondary N) is 1. The quantitative estimate of drug-likeness (QED) is 0.214. The zero-order valence-corrected chi connectivity index (χ0v) is 17.7. The molecule has 0 aliphatic heterocycles. The third-order valence-electron chi connectivity index (χ3n) is 4.16. The highest BCUT2D eigenvalue weighted by Crippen LogP contribution is 2.29. The van der Waals surface area contributed by atoms with Crippen LogP contribution in [0.3, 0.4) is 0 Å². The number of phenols is 2. The fourth-order valence-electron chi connectivity index (χ4n) is 2.64. The van der Waals surface area contributed by atoms with Gasteiger partial charge in [-0.1, -0.05) is 11.6 Å². The molecule has 0 aromatic heterocycles. The molecule has 3 N–H and O–H groups in total. The van der Waals surface area contributed by atoms with Crippen molar-refractivity contribution in [1.29, 1.82) is 0 Å². The predicted molar refractivity (Wildman–Crippen MR) is 119 cm³/mol. The van der Waals surface area contributed by atoms with Crippen LogP contribution in [0.15, 0.2) is 65.8 Å². The van der Waals surface area contributed by atoms with Crippen LogP contribution in [0, 0.1) is 0 Å². The van der Waals surface area contributed by atoms with E-state index >= 15 is 0 Å². The van der Waals surface area contributed by atoms with Gasteiger partial charge in [0, 0.05) is 11.1 Å². The van der Waals surface area contributed by atoms with Gasteiger partial charge in [0.05, 0.1) is 23.9 Å². The summed E-state index contributed by atoms with van der Waals surface area (Å²) in [6.45, 7) is 2.12. The van der Waals surface area contributed by atoms with Gasteiger partial charge in [-0.2, -0.15) is 5.10 Å². The number of hydrazone groups is 1. The zero-order valence-electron chi connectivity index (χ0n) is 16.9. The van der Waals surface area contributed by atoms with Gasteiger partial charge in [0.25, 0.3) is 5.91 Å². The fraction of sp³-hybridized carbons (Fsp3) is 0.0870. The van der Waals surface area contributed by atoms with Crippen molar-refractivity contribution in [1.82, 2.24) is 5.43 Å². The molecule has 0 fully saturated rings. The van der Waals surface area contributed by atoms with E-state index in [2.05, 4.69) is 10.5 Å². The number of aromatic hydroxyl groups is 2. The Morgan fingerprint density at radius 2 is 1.78 bits per heavy atom. The number of benzene rings is 3. The van der Waals surface area contributed by atoms with Gasteiger partial charge in [-0.05, 0) is 67.1 Å². The van der Waals surface area contributed by atoms with Crippen LogP contribution in [-0.4, -0.2) is 34.9 Å². The Morgan fingerprint density at radius 3 is 2.47 bits per heavy atom. The molecule has 0 atom stereocenters. The van der Waals surface area contributed by atoms with Gasteiger partial charge in [0.15, 0.2) is 11.5 Å². The van der Waals surface area contributed by atoms with Crippen molar-refractivity contribution >= 4 is 29.7 Å². The number of esters is 1. The normalized spacial score (nSPS) is 10.7. The van der Waals surface area contributed by atoms with Crippen molar-refractivity contribution in [3.05, 3.63) is 82.4 Å². The highest BCUT2D eigenvalue weighted by molar-refractivity contribution is 6.30. The van der Waals surface area contributed by atoms with Crippen molar-refractivity contribution in [2.24, 2.45) is 5.10 Å². The molecular formula is C23H19ClN2O6. The minimum atomic E-state index is -0.655. The second kappa shape index (κ2) is 10.3. The van der Waals surface area contributed by atoms with Crippen LogP contribution >= 0.6 is 11.6 Å². The first-order valence-electron chi connectivity index (χ1n) is 9.47. The monoisotopic (exact) mass is 454 g/mol. The molecule has 8 nitrogen and oxygen atoms in total. The Morgan fingerprint density at radius 1 is 1.03 bits per heavy atom. The van der Waals surface area contributed by atoms with E-state index in [0.29, 0.717) is 28.5 Å². The number of hydrogen-bond donors (Lipinski definition) is 3. The minimum absolute atomic E-state index is 0.0422. The molecule has 3 aromatic carbocycles. The van der Waals surface area contributed by atoms with E-state index in [1.165, 1.54) is 18.3 Å². The molecule has 3 aromatic rings. The largest absolute Gasteiger partial charge is 0.508 e. The Labute approximate surface area is 188 Å². The molecule has 0 heterocycles. The maximum atomic E-state index is 12.4. The number of amides is 1. The molecule has 32 heavy (non-hydrogen) atoms. The van der Waals surface area contributed by atoms with Crippen LogP contribution in [0.4, 0.5) is 0 Å². The molecule has 164 valence electrons. The van der Waals surface area contributed by atoms with Crippen molar-refractivity contribution in [3.8, 4) is 23.0 Å². The predicted octanol–water partition coefficient (Wildman–Crippen LogP) is 4.13. The van der Waals surface area contributed by atoms with Crippen LogP contribution < -0.4 is 14.9 Å². The van der Waals surface area contributed by atoms with Crippen LogP contribution in [0.5, 0.6) is 23.0 Å². The van der Waals surface area contributed by atoms with Gasteiger partial charge in [-0.15, -0.1) is 0 Å². The summed E-state index contributed by atoms with van der Waals surface area (Å²) in [6, 6.07) is 14.7. The van der Waals surface area contributed by atoms with Gasteiger partial charge < -0.3 is 19.7 Å². The lowest BCUT2D eigenvalue weighted by atomic mass is 10.2. The van der Waals surface area contributed by atoms with Crippen LogP contribution in [0.25, 0.3) is 0 Å². The first-order chi connectivity index (χ1) is 15.4. The van der Waals surface area contributed by atoms with Gasteiger partial charge >= 0.3 is 5.97 Å². The van der Waals surface area contributed by atoms with Gasteiger partial charge in [-0.3, -0.25) is 4.79 Å². The summed E-state index contributed by atoms with van der Waals surface area (Å²) in [5, 5.41) is 23.4. The molecule has 0 aliphatic carbocycles. The lowest BCUT2D eigenvalue weighted by Crippen LogP contribution is -2.17. The molecule has 0 saturated carbocycles. The molecule has 0 bridgehead atoms. The first kappa shape index (κ1) is 22.6. The Hall–Kier alpha value is -4.04. The summed E-state index contributed by atoms with van der Waals surface area (Å²) >= 11 is 5.84. The minimum Gasteiger partial charge on any atom is -0.508 e. The van der Waals surface area contributed by atoms with E-state index in [4.69, 9.17) is 21.1 Å². The third kappa shape index (κ3) is 5.77. The van der Waals surface area contributed by atoms with E-state index < -0.39 is 11.9 Å². The summed E-state index contributed by atoms with van der Waals surface area (Å²) in [5.74, 6) is -1.21. The number of hydrogen-bond acceptors (Lipinski definition) is 7. The number of nitrogens with zero attached hydrogens (tertiary/aromatic N) is 1. The first-order valence-corrected chi connectivity index (χ1v) is 9.85. The summed E-state index contributed by atoms with van der Waals surface area (Å²) in [6.07, 6.45) is 1.36. The standard InChI is InChI=1S/C23H19ClN2O6/c1-2-31-21-11-14(13-25-26-22(29)18-9-8-17(27)12-19(18)28)3-10-20(21)32-23(30)15-4-6-16(24)7-5-15/h3-13,27-28H,2H2,1H3,(H,26,29). The molecule has 0 aliphatic rings. The Bertz CT molecular complexity index is 1160. The third-order valence-corrected chi connectivity index (χ3v) is 4.41.